The third-order valence-electron chi connectivity index (χ3n) is 4.17. The first-order valence-corrected chi connectivity index (χ1v) is 7.96. The quantitative estimate of drug-likeness (QED) is 0.786. The molecule has 7 heteroatoms. The average molecular weight is 333 g/mol. The van der Waals surface area contributed by atoms with Gasteiger partial charge in [0.15, 0.2) is 0 Å². The van der Waals surface area contributed by atoms with E-state index < -0.39 is 0 Å². The molecule has 0 aliphatic carbocycles. The normalized spacial score (nSPS) is 15.6. The monoisotopic (exact) mass is 333 g/mol. The first-order chi connectivity index (χ1) is 12.2. The highest BCUT2D eigenvalue weighted by Crippen LogP contribution is 2.25. The molecule has 124 valence electrons. The topological polar surface area (TPSA) is 89.8 Å². The Morgan fingerprint density at radius 1 is 1.16 bits per heavy atom. The molecule has 4 rings (SSSR count). The number of pyridine rings is 2. The van der Waals surface area contributed by atoms with E-state index in [2.05, 4.69) is 20.3 Å². The maximum atomic E-state index is 12.4. The number of hydrogen-bond donors (Lipinski definition) is 1. The van der Waals surface area contributed by atoms with Crippen LogP contribution in [0.1, 0.15) is 28.8 Å². The lowest BCUT2D eigenvalue weighted by molar-refractivity contribution is 0.0931. The van der Waals surface area contributed by atoms with E-state index in [9.17, 15) is 9.59 Å². The Morgan fingerprint density at radius 2 is 2.00 bits per heavy atom. The van der Waals surface area contributed by atoms with Gasteiger partial charge >= 0.3 is 0 Å². The Balaban J connectivity index is 1.66. The second-order valence-corrected chi connectivity index (χ2v) is 5.76. The Bertz CT molecular complexity index is 970. The lowest BCUT2D eigenvalue weighted by Crippen LogP contribution is -2.30. The van der Waals surface area contributed by atoms with E-state index in [1.54, 1.807) is 53.5 Å². The van der Waals surface area contributed by atoms with Crippen LogP contribution in [0.5, 0.6) is 0 Å². The van der Waals surface area contributed by atoms with E-state index in [1.165, 1.54) is 6.07 Å². The zero-order chi connectivity index (χ0) is 17.2. The minimum Gasteiger partial charge on any atom is -0.341 e. The third-order valence-corrected chi connectivity index (χ3v) is 4.17. The maximum absolute atomic E-state index is 12.4. The average Bonchev–Trinajstić information content (AvgIpc) is 3.06. The lowest BCUT2D eigenvalue weighted by Gasteiger charge is -2.13. The van der Waals surface area contributed by atoms with Gasteiger partial charge in [0.25, 0.3) is 11.5 Å². The predicted octanol–water partition coefficient (Wildman–Crippen LogP) is 1.58. The number of aromatic nitrogens is 4. The highest BCUT2D eigenvalue weighted by molar-refractivity contribution is 5.92. The van der Waals surface area contributed by atoms with Crippen molar-refractivity contribution >= 4 is 5.91 Å². The molecule has 1 atom stereocenters. The second-order valence-electron chi connectivity index (χ2n) is 5.76. The van der Waals surface area contributed by atoms with Crippen molar-refractivity contribution in [1.29, 1.82) is 0 Å². The molecule has 0 radical (unpaired) electrons. The third kappa shape index (κ3) is 2.91. The molecule has 1 aliphatic rings. The lowest BCUT2D eigenvalue weighted by atomic mass is 10.2. The minimum absolute atomic E-state index is 0.119. The molecule has 1 aliphatic heterocycles. The van der Waals surface area contributed by atoms with Crippen LogP contribution >= 0.6 is 0 Å². The van der Waals surface area contributed by atoms with Gasteiger partial charge in [-0.1, -0.05) is 6.07 Å². The molecule has 0 bridgehead atoms. The minimum atomic E-state index is -0.316. The van der Waals surface area contributed by atoms with Crippen molar-refractivity contribution in [2.45, 2.75) is 19.0 Å². The smallest absolute Gasteiger partial charge is 0.270 e. The summed E-state index contributed by atoms with van der Waals surface area (Å²) in [5.74, 6) is 0.297. The van der Waals surface area contributed by atoms with E-state index in [0.717, 1.165) is 5.56 Å². The number of rotatable bonds is 3. The van der Waals surface area contributed by atoms with Gasteiger partial charge in [-0.25, -0.2) is 4.98 Å². The summed E-state index contributed by atoms with van der Waals surface area (Å²) >= 11 is 0. The highest BCUT2D eigenvalue weighted by atomic mass is 16.2. The molecule has 0 saturated heterocycles. The SMILES string of the molecule is O=C(NC1CCn2c1nc(-c1ccncc1)cc2=O)c1ccccn1. The Kier molecular flexibility index (Phi) is 3.81. The van der Waals surface area contributed by atoms with Gasteiger partial charge in [-0.3, -0.25) is 24.1 Å². The van der Waals surface area contributed by atoms with Gasteiger partial charge in [0.05, 0.1) is 11.7 Å². The van der Waals surface area contributed by atoms with E-state index in [0.29, 0.717) is 30.2 Å². The molecule has 1 amide bonds. The first kappa shape index (κ1) is 15.2. The molecular weight excluding hydrogens is 318 g/mol. The van der Waals surface area contributed by atoms with Crippen LogP contribution in [-0.2, 0) is 6.54 Å². The number of hydrogen-bond acceptors (Lipinski definition) is 5. The first-order valence-electron chi connectivity index (χ1n) is 7.96. The zero-order valence-electron chi connectivity index (χ0n) is 13.3. The molecule has 1 N–H and O–H groups in total. The summed E-state index contributed by atoms with van der Waals surface area (Å²) in [6, 6.07) is 9.97. The molecule has 3 aromatic rings. The Hall–Kier alpha value is -3.35. The van der Waals surface area contributed by atoms with Crippen LogP contribution in [0.25, 0.3) is 11.3 Å². The van der Waals surface area contributed by atoms with Crippen molar-refractivity contribution in [2.75, 3.05) is 0 Å². The molecule has 0 spiro atoms. The predicted molar refractivity (Wildman–Crippen MR) is 90.8 cm³/mol. The van der Waals surface area contributed by atoms with Crippen LogP contribution in [-0.4, -0.2) is 25.4 Å². The van der Waals surface area contributed by atoms with Gasteiger partial charge in [0.1, 0.15) is 11.5 Å². The summed E-state index contributed by atoms with van der Waals surface area (Å²) in [7, 11) is 0. The molecule has 1 unspecified atom stereocenters. The number of fused-ring (bicyclic) bond motifs is 1. The van der Waals surface area contributed by atoms with Gasteiger partial charge < -0.3 is 5.32 Å². The summed E-state index contributed by atoms with van der Waals surface area (Å²) in [6.07, 6.45) is 5.51. The molecule has 4 heterocycles. The summed E-state index contributed by atoms with van der Waals surface area (Å²) < 4.78 is 1.61. The molecule has 0 fully saturated rings. The van der Waals surface area contributed by atoms with Gasteiger partial charge in [-0.15, -0.1) is 0 Å². The van der Waals surface area contributed by atoms with Crippen molar-refractivity contribution in [3.8, 4) is 11.3 Å². The highest BCUT2D eigenvalue weighted by Gasteiger charge is 2.27. The summed E-state index contributed by atoms with van der Waals surface area (Å²) in [5, 5.41) is 2.92. The number of amides is 1. The molecular formula is C18H15N5O2. The summed E-state index contributed by atoms with van der Waals surface area (Å²) in [5.41, 5.74) is 1.62. The van der Waals surface area contributed by atoms with Crippen molar-refractivity contribution in [1.82, 2.24) is 24.8 Å². The number of nitrogens with one attached hydrogen (secondary N) is 1. The van der Waals surface area contributed by atoms with Crippen molar-refractivity contribution in [3.05, 3.63) is 76.9 Å². The van der Waals surface area contributed by atoms with E-state index >= 15 is 0 Å². The molecule has 25 heavy (non-hydrogen) atoms. The summed E-state index contributed by atoms with van der Waals surface area (Å²) in [6.45, 7) is 0.533. The number of carbonyl (C=O) groups excluding carboxylic acids is 1. The molecule has 0 saturated carbocycles. The number of carbonyl (C=O) groups is 1. The van der Waals surface area contributed by atoms with Crippen LogP contribution in [0.4, 0.5) is 0 Å². The van der Waals surface area contributed by atoms with E-state index in [1.807, 2.05) is 0 Å². The van der Waals surface area contributed by atoms with Crippen molar-refractivity contribution < 1.29 is 4.79 Å². The van der Waals surface area contributed by atoms with Crippen LogP contribution in [0.15, 0.2) is 59.8 Å². The fourth-order valence-corrected chi connectivity index (χ4v) is 2.94. The Labute approximate surface area is 143 Å². The van der Waals surface area contributed by atoms with Crippen LogP contribution in [0.2, 0.25) is 0 Å². The molecule has 0 aromatic carbocycles. The van der Waals surface area contributed by atoms with Gasteiger partial charge in [0.2, 0.25) is 0 Å². The second kappa shape index (κ2) is 6.27. The van der Waals surface area contributed by atoms with Crippen molar-refractivity contribution in [2.24, 2.45) is 0 Å². The molecule has 3 aromatic heterocycles. The van der Waals surface area contributed by atoms with Crippen LogP contribution in [0, 0.1) is 0 Å². The largest absolute Gasteiger partial charge is 0.341 e. The standard InChI is InChI=1S/C18H15N5O2/c24-16-11-15(12-4-8-19-9-5-12)21-17-13(6-10-23(16)17)22-18(25)14-3-1-2-7-20-14/h1-5,7-9,11,13H,6,10H2,(H,22,25). The van der Waals surface area contributed by atoms with E-state index in [4.69, 9.17) is 0 Å². The number of nitrogens with zero attached hydrogens (tertiary/aromatic N) is 4. The van der Waals surface area contributed by atoms with Gasteiger partial charge in [0, 0.05) is 36.8 Å². The maximum Gasteiger partial charge on any atom is 0.270 e. The fourth-order valence-electron chi connectivity index (χ4n) is 2.94. The van der Waals surface area contributed by atoms with Crippen LogP contribution in [0.3, 0.4) is 0 Å². The summed E-state index contributed by atoms with van der Waals surface area (Å²) in [4.78, 5) is 37.4. The van der Waals surface area contributed by atoms with Crippen molar-refractivity contribution in [3.63, 3.8) is 0 Å². The van der Waals surface area contributed by atoms with Crippen LogP contribution < -0.4 is 10.9 Å². The zero-order valence-corrected chi connectivity index (χ0v) is 13.3. The van der Waals surface area contributed by atoms with E-state index in [-0.39, 0.29) is 17.5 Å². The van der Waals surface area contributed by atoms with Gasteiger partial charge in [-0.05, 0) is 30.7 Å². The fraction of sp³-hybridized carbons (Fsp3) is 0.167. The molecule has 7 nitrogen and oxygen atoms in total. The Morgan fingerprint density at radius 3 is 2.76 bits per heavy atom. The van der Waals surface area contributed by atoms with Gasteiger partial charge in [-0.2, -0.15) is 0 Å².